The Morgan fingerprint density at radius 3 is 2.52 bits per heavy atom. The van der Waals surface area contributed by atoms with Crippen molar-refractivity contribution in [1.82, 2.24) is 5.32 Å². The second-order valence-electron chi connectivity index (χ2n) is 5.30. The Morgan fingerprint density at radius 1 is 1.33 bits per heavy atom. The number of hydrogen-bond acceptors (Lipinski definition) is 4. The van der Waals surface area contributed by atoms with Gasteiger partial charge in [-0.15, -0.1) is 0 Å². The van der Waals surface area contributed by atoms with Crippen molar-refractivity contribution in [3.63, 3.8) is 0 Å². The van der Waals surface area contributed by atoms with Crippen LogP contribution in [0.4, 0.5) is 0 Å². The van der Waals surface area contributed by atoms with Gasteiger partial charge in [0.25, 0.3) is 0 Å². The minimum Gasteiger partial charge on any atom is -0.463 e. The number of esters is 1. The van der Waals surface area contributed by atoms with E-state index in [1.807, 2.05) is 6.08 Å². The van der Waals surface area contributed by atoms with Crippen LogP contribution in [0.3, 0.4) is 0 Å². The molecule has 0 fully saturated rings. The number of carbonyl (C=O) groups is 2. The van der Waals surface area contributed by atoms with Crippen molar-refractivity contribution in [3.8, 4) is 0 Å². The lowest BCUT2D eigenvalue weighted by molar-refractivity contribution is -0.139. The van der Waals surface area contributed by atoms with Crippen molar-refractivity contribution in [2.24, 2.45) is 0 Å². The lowest BCUT2D eigenvalue weighted by Gasteiger charge is -2.32. The standard InChI is InChI=1S/C16H27NO4/c1-5-13(6-2)21-15-10-12(16(19)20-7-3)8-9-14(15)17-11(4)18/h10,13-15H,5-9H2,1-4H3,(H,17,18)/t14-,15-/m1/s1. The molecule has 0 aromatic carbocycles. The van der Waals surface area contributed by atoms with E-state index >= 15 is 0 Å². The summed E-state index contributed by atoms with van der Waals surface area (Å²) in [7, 11) is 0. The van der Waals surface area contributed by atoms with Crippen LogP contribution < -0.4 is 5.32 Å². The van der Waals surface area contributed by atoms with Gasteiger partial charge < -0.3 is 14.8 Å². The van der Waals surface area contributed by atoms with Crippen molar-refractivity contribution >= 4 is 11.9 Å². The van der Waals surface area contributed by atoms with Crippen molar-refractivity contribution in [2.75, 3.05) is 6.61 Å². The summed E-state index contributed by atoms with van der Waals surface area (Å²) in [5.74, 6) is -0.358. The lowest BCUT2D eigenvalue weighted by Crippen LogP contribution is -2.46. The largest absolute Gasteiger partial charge is 0.463 e. The molecule has 0 aromatic rings. The van der Waals surface area contributed by atoms with E-state index in [9.17, 15) is 9.59 Å². The summed E-state index contributed by atoms with van der Waals surface area (Å²) in [6.07, 6.45) is 4.78. The third-order valence-corrected chi connectivity index (χ3v) is 3.67. The first-order valence-corrected chi connectivity index (χ1v) is 7.82. The molecule has 0 radical (unpaired) electrons. The number of nitrogens with one attached hydrogen (secondary N) is 1. The third-order valence-electron chi connectivity index (χ3n) is 3.67. The molecule has 0 heterocycles. The van der Waals surface area contributed by atoms with E-state index in [1.54, 1.807) is 6.92 Å². The Morgan fingerprint density at radius 2 is 2.00 bits per heavy atom. The fraction of sp³-hybridized carbons (Fsp3) is 0.750. The molecule has 0 unspecified atom stereocenters. The Hall–Kier alpha value is -1.36. The van der Waals surface area contributed by atoms with Gasteiger partial charge in [0.05, 0.1) is 24.9 Å². The Bertz CT molecular complexity index is 388. The Labute approximate surface area is 127 Å². The molecule has 120 valence electrons. The smallest absolute Gasteiger partial charge is 0.333 e. The highest BCUT2D eigenvalue weighted by molar-refractivity contribution is 5.88. The summed E-state index contributed by atoms with van der Waals surface area (Å²) in [5.41, 5.74) is 0.648. The maximum absolute atomic E-state index is 11.9. The van der Waals surface area contributed by atoms with Crippen molar-refractivity contribution < 1.29 is 19.1 Å². The van der Waals surface area contributed by atoms with Gasteiger partial charge in [-0.05, 0) is 38.7 Å². The molecule has 21 heavy (non-hydrogen) atoms. The summed E-state index contributed by atoms with van der Waals surface area (Å²) in [5, 5.41) is 2.92. The molecule has 5 heteroatoms. The van der Waals surface area contributed by atoms with E-state index in [0.29, 0.717) is 25.0 Å². The lowest BCUT2D eigenvalue weighted by atomic mass is 9.92. The highest BCUT2D eigenvalue weighted by Gasteiger charge is 2.30. The van der Waals surface area contributed by atoms with Gasteiger partial charge in [-0.1, -0.05) is 13.8 Å². The van der Waals surface area contributed by atoms with Gasteiger partial charge in [-0.25, -0.2) is 4.79 Å². The summed E-state index contributed by atoms with van der Waals surface area (Å²) in [4.78, 5) is 23.2. The first-order chi connectivity index (χ1) is 10.0. The van der Waals surface area contributed by atoms with E-state index < -0.39 is 0 Å². The molecule has 1 N–H and O–H groups in total. The Kier molecular flexibility index (Phi) is 7.43. The van der Waals surface area contributed by atoms with Gasteiger partial charge in [0.1, 0.15) is 0 Å². The normalized spacial score (nSPS) is 21.9. The molecular formula is C16H27NO4. The second-order valence-corrected chi connectivity index (χ2v) is 5.30. The molecular weight excluding hydrogens is 270 g/mol. The molecule has 0 saturated carbocycles. The monoisotopic (exact) mass is 297 g/mol. The zero-order valence-electron chi connectivity index (χ0n) is 13.5. The van der Waals surface area contributed by atoms with Crippen LogP contribution in [0.1, 0.15) is 53.4 Å². The van der Waals surface area contributed by atoms with Gasteiger partial charge in [-0.3, -0.25) is 4.79 Å². The predicted octanol–water partition coefficient (Wildman–Crippen LogP) is 2.35. The molecule has 0 bridgehead atoms. The van der Waals surface area contributed by atoms with Crippen molar-refractivity contribution in [1.29, 1.82) is 0 Å². The van der Waals surface area contributed by atoms with Gasteiger partial charge in [0.15, 0.2) is 0 Å². The first-order valence-electron chi connectivity index (χ1n) is 7.82. The molecule has 1 aliphatic rings. The number of rotatable bonds is 7. The van der Waals surface area contributed by atoms with Gasteiger partial charge in [0.2, 0.25) is 5.91 Å². The molecule has 1 aliphatic carbocycles. The zero-order chi connectivity index (χ0) is 15.8. The SMILES string of the molecule is CCOC(=O)C1=C[C@@H](OC(CC)CC)[C@H](NC(C)=O)CC1. The Balaban J connectivity index is 2.85. The van der Waals surface area contributed by atoms with Crippen LogP contribution >= 0.6 is 0 Å². The van der Waals surface area contributed by atoms with Gasteiger partial charge in [-0.2, -0.15) is 0 Å². The van der Waals surface area contributed by atoms with Crippen molar-refractivity contribution in [3.05, 3.63) is 11.6 Å². The summed E-state index contributed by atoms with van der Waals surface area (Å²) in [6, 6.07) is -0.0822. The van der Waals surface area contributed by atoms with Crippen LogP contribution in [0.25, 0.3) is 0 Å². The van der Waals surface area contributed by atoms with Gasteiger partial charge >= 0.3 is 5.97 Å². The van der Waals surface area contributed by atoms with Crippen LogP contribution in [-0.2, 0) is 19.1 Å². The summed E-state index contributed by atoms with van der Waals surface area (Å²) < 4.78 is 11.1. The first kappa shape index (κ1) is 17.7. The zero-order valence-corrected chi connectivity index (χ0v) is 13.5. The molecule has 0 spiro atoms. The molecule has 0 aliphatic heterocycles. The van der Waals surface area contributed by atoms with Crippen LogP contribution in [-0.4, -0.2) is 36.7 Å². The van der Waals surface area contributed by atoms with E-state index in [0.717, 1.165) is 12.8 Å². The number of amides is 1. The highest BCUT2D eigenvalue weighted by Crippen LogP contribution is 2.24. The maximum atomic E-state index is 11.9. The molecule has 2 atom stereocenters. The maximum Gasteiger partial charge on any atom is 0.333 e. The summed E-state index contributed by atoms with van der Waals surface area (Å²) >= 11 is 0. The van der Waals surface area contributed by atoms with Crippen LogP contribution in [0.15, 0.2) is 11.6 Å². The van der Waals surface area contributed by atoms with Crippen LogP contribution in [0.2, 0.25) is 0 Å². The van der Waals surface area contributed by atoms with E-state index in [4.69, 9.17) is 9.47 Å². The quantitative estimate of drug-likeness (QED) is 0.733. The topological polar surface area (TPSA) is 64.6 Å². The highest BCUT2D eigenvalue weighted by atomic mass is 16.5. The molecule has 0 saturated heterocycles. The molecule has 0 aromatic heterocycles. The fourth-order valence-corrected chi connectivity index (χ4v) is 2.52. The molecule has 1 rings (SSSR count). The van der Waals surface area contributed by atoms with E-state index in [1.165, 1.54) is 6.92 Å². The minimum atomic E-state index is -0.281. The van der Waals surface area contributed by atoms with Crippen LogP contribution in [0.5, 0.6) is 0 Å². The van der Waals surface area contributed by atoms with E-state index in [-0.39, 0.29) is 30.1 Å². The average Bonchev–Trinajstić information content (AvgIpc) is 2.45. The summed E-state index contributed by atoms with van der Waals surface area (Å²) in [6.45, 7) is 7.79. The number of hydrogen-bond donors (Lipinski definition) is 1. The number of carbonyl (C=O) groups excluding carboxylic acids is 2. The molecule has 5 nitrogen and oxygen atoms in total. The minimum absolute atomic E-state index is 0.0777. The number of ether oxygens (including phenoxy) is 2. The van der Waals surface area contributed by atoms with Crippen molar-refractivity contribution in [2.45, 2.75) is 71.6 Å². The fourth-order valence-electron chi connectivity index (χ4n) is 2.52. The van der Waals surface area contributed by atoms with Crippen LogP contribution in [0, 0.1) is 0 Å². The third kappa shape index (κ3) is 5.50. The average molecular weight is 297 g/mol. The van der Waals surface area contributed by atoms with E-state index in [2.05, 4.69) is 19.2 Å². The molecule has 1 amide bonds. The second kappa shape index (κ2) is 8.82. The predicted molar refractivity (Wildman–Crippen MR) is 80.8 cm³/mol. The van der Waals surface area contributed by atoms with Gasteiger partial charge in [0, 0.05) is 12.5 Å².